The average molecular weight is 576 g/mol. The maximum Gasteiger partial charge on any atom is 0.268 e. The van der Waals surface area contributed by atoms with Crippen LogP contribution in [0.4, 0.5) is 5.69 Å². The van der Waals surface area contributed by atoms with Crippen molar-refractivity contribution in [3.05, 3.63) is 112 Å². The first-order valence-electron chi connectivity index (χ1n) is 13.9. The lowest BCUT2D eigenvalue weighted by molar-refractivity contribution is 0.0971. The van der Waals surface area contributed by atoms with Crippen LogP contribution in [0.1, 0.15) is 44.8 Å². The Balaban J connectivity index is 1.30. The van der Waals surface area contributed by atoms with Gasteiger partial charge >= 0.3 is 0 Å². The number of methoxy groups -OCH3 is 2. The van der Waals surface area contributed by atoms with Gasteiger partial charge in [0.25, 0.3) is 11.5 Å². The van der Waals surface area contributed by atoms with Gasteiger partial charge in [-0.3, -0.25) is 23.9 Å². The van der Waals surface area contributed by atoms with E-state index >= 15 is 0 Å². The number of rotatable bonds is 7. The van der Waals surface area contributed by atoms with Gasteiger partial charge in [-0.1, -0.05) is 18.2 Å². The molecule has 1 aliphatic carbocycles. The van der Waals surface area contributed by atoms with Crippen molar-refractivity contribution in [1.29, 1.82) is 0 Å². The molecule has 0 saturated carbocycles. The number of amides is 1. The molecule has 9 nitrogen and oxygen atoms in total. The highest BCUT2D eigenvalue weighted by molar-refractivity contribution is 6.07. The van der Waals surface area contributed by atoms with Crippen LogP contribution in [-0.2, 0) is 6.42 Å². The molecule has 0 radical (unpaired) electrons. The molecule has 6 rings (SSSR count). The fourth-order valence-corrected chi connectivity index (χ4v) is 5.40. The van der Waals surface area contributed by atoms with E-state index in [2.05, 4.69) is 10.3 Å². The Labute approximate surface area is 247 Å². The predicted molar refractivity (Wildman–Crippen MR) is 163 cm³/mol. The molecule has 5 aromatic rings. The number of anilines is 1. The lowest BCUT2D eigenvalue weighted by Gasteiger charge is -2.21. The molecule has 2 aromatic heterocycles. The normalized spacial score (nSPS) is 12.5. The third-order valence-corrected chi connectivity index (χ3v) is 7.56. The molecule has 0 saturated heterocycles. The van der Waals surface area contributed by atoms with E-state index in [0.717, 1.165) is 10.9 Å². The van der Waals surface area contributed by atoms with Gasteiger partial charge in [-0.15, -0.1) is 0 Å². The molecule has 0 fully saturated rings. The van der Waals surface area contributed by atoms with Crippen LogP contribution in [0.2, 0.25) is 0 Å². The van der Waals surface area contributed by atoms with Gasteiger partial charge < -0.3 is 19.5 Å². The molecule has 2 heterocycles. The Morgan fingerprint density at radius 2 is 1.65 bits per heavy atom. The summed E-state index contributed by atoms with van der Waals surface area (Å²) in [5.74, 6) is 1.57. The van der Waals surface area contributed by atoms with Gasteiger partial charge in [0, 0.05) is 46.7 Å². The number of carbonyl (C=O) groups is 2. The van der Waals surface area contributed by atoms with Crippen LogP contribution < -0.4 is 25.1 Å². The largest absolute Gasteiger partial charge is 0.493 e. The fraction of sp³-hybridized carbons (Fsp3) is 0.176. The topological polar surface area (TPSA) is 109 Å². The van der Waals surface area contributed by atoms with Crippen molar-refractivity contribution >= 4 is 28.3 Å². The maximum absolute atomic E-state index is 13.7. The molecule has 0 spiro atoms. The molecular weight excluding hydrogens is 546 g/mol. The minimum absolute atomic E-state index is 0.0719. The number of para-hydroxylation sites is 1. The van der Waals surface area contributed by atoms with Crippen LogP contribution in [0.3, 0.4) is 0 Å². The Morgan fingerprint density at radius 1 is 0.884 bits per heavy atom. The van der Waals surface area contributed by atoms with E-state index < -0.39 is 11.5 Å². The summed E-state index contributed by atoms with van der Waals surface area (Å²) in [6.45, 7) is 1.83. The number of benzene rings is 3. The predicted octanol–water partition coefficient (Wildman–Crippen LogP) is 6.27. The summed E-state index contributed by atoms with van der Waals surface area (Å²) < 4.78 is 18.5. The number of ketones is 1. The number of nitrogens with zero attached hydrogens (tertiary/aromatic N) is 2. The molecule has 43 heavy (non-hydrogen) atoms. The van der Waals surface area contributed by atoms with Gasteiger partial charge in [0.05, 0.1) is 19.7 Å². The van der Waals surface area contributed by atoms with Gasteiger partial charge in [0.15, 0.2) is 17.3 Å². The van der Waals surface area contributed by atoms with Crippen molar-refractivity contribution in [2.24, 2.45) is 0 Å². The number of fused-ring (bicyclic) bond motifs is 2. The molecule has 1 amide bonds. The second kappa shape index (κ2) is 11.4. The molecule has 9 heteroatoms. The van der Waals surface area contributed by atoms with Crippen LogP contribution in [0.15, 0.2) is 83.8 Å². The van der Waals surface area contributed by atoms with Gasteiger partial charge in [-0.2, -0.15) is 0 Å². The summed E-state index contributed by atoms with van der Waals surface area (Å²) in [5.41, 5.74) is 3.03. The van der Waals surface area contributed by atoms with E-state index in [0.29, 0.717) is 70.4 Å². The van der Waals surface area contributed by atoms with Crippen molar-refractivity contribution < 1.29 is 23.8 Å². The van der Waals surface area contributed by atoms with Crippen LogP contribution in [0.25, 0.3) is 16.6 Å². The zero-order chi connectivity index (χ0) is 30.1. The van der Waals surface area contributed by atoms with E-state index in [1.807, 2.05) is 31.2 Å². The molecule has 0 aliphatic heterocycles. The summed E-state index contributed by atoms with van der Waals surface area (Å²) in [4.78, 5) is 44.4. The second-order valence-corrected chi connectivity index (χ2v) is 10.2. The summed E-state index contributed by atoms with van der Waals surface area (Å²) in [6, 6.07) is 21.1. The maximum atomic E-state index is 13.7. The number of carbonyl (C=O) groups excluding carboxylic acids is 2. The molecule has 0 unspecified atom stereocenters. The molecule has 0 bridgehead atoms. The van der Waals surface area contributed by atoms with E-state index in [-0.39, 0.29) is 11.3 Å². The highest BCUT2D eigenvalue weighted by atomic mass is 16.5. The number of aromatic nitrogens is 2. The Morgan fingerprint density at radius 3 is 2.40 bits per heavy atom. The average Bonchev–Trinajstić information content (AvgIpc) is 3.02. The van der Waals surface area contributed by atoms with Crippen molar-refractivity contribution in [2.45, 2.75) is 26.2 Å². The number of pyridine rings is 2. The Hall–Kier alpha value is -5.44. The highest BCUT2D eigenvalue weighted by Gasteiger charge is 2.26. The molecule has 216 valence electrons. The van der Waals surface area contributed by atoms with Crippen molar-refractivity contribution in [1.82, 2.24) is 9.55 Å². The van der Waals surface area contributed by atoms with Crippen LogP contribution in [-0.4, -0.2) is 35.5 Å². The van der Waals surface area contributed by atoms with Crippen LogP contribution in [0.5, 0.6) is 23.0 Å². The number of hydrogen-bond acceptors (Lipinski definition) is 7. The smallest absolute Gasteiger partial charge is 0.268 e. The van der Waals surface area contributed by atoms with Gasteiger partial charge in [0.2, 0.25) is 0 Å². The second-order valence-electron chi connectivity index (χ2n) is 10.2. The third kappa shape index (κ3) is 5.21. The van der Waals surface area contributed by atoms with Gasteiger partial charge in [-0.05, 0) is 73.9 Å². The first-order valence-corrected chi connectivity index (χ1v) is 13.9. The van der Waals surface area contributed by atoms with E-state index in [1.54, 1.807) is 62.9 Å². The zero-order valence-electron chi connectivity index (χ0n) is 24.0. The minimum Gasteiger partial charge on any atom is -0.493 e. The fourth-order valence-electron chi connectivity index (χ4n) is 5.40. The monoisotopic (exact) mass is 575 g/mol. The zero-order valence-corrected chi connectivity index (χ0v) is 24.0. The summed E-state index contributed by atoms with van der Waals surface area (Å²) in [6.07, 6.45) is 3.28. The quantitative estimate of drug-likeness (QED) is 0.243. The standard InChI is InChI=1S/C34H29N3O6/c1-20-16-22(43-30-14-15-35-27-19-32(42-3)31(41-2)18-23(27)30)12-13-26(20)36-33(39)25-17-24-28(10-7-11-29(24)38)37(34(25)40)21-8-5-4-6-9-21/h4-6,8-9,12-19H,7,10-11H2,1-3H3,(H,36,39). The first kappa shape index (κ1) is 27.7. The van der Waals surface area contributed by atoms with Crippen LogP contribution >= 0.6 is 0 Å². The summed E-state index contributed by atoms with van der Waals surface area (Å²) in [7, 11) is 3.13. The number of Topliss-reactive ketones (excluding diaryl/α,β-unsaturated/α-hetero) is 1. The number of hydrogen-bond donors (Lipinski definition) is 1. The number of ether oxygens (including phenoxy) is 3. The molecule has 0 atom stereocenters. The third-order valence-electron chi connectivity index (χ3n) is 7.56. The van der Waals surface area contributed by atoms with E-state index in [9.17, 15) is 14.4 Å². The lowest BCUT2D eigenvalue weighted by atomic mass is 9.92. The van der Waals surface area contributed by atoms with Crippen molar-refractivity contribution in [2.75, 3.05) is 19.5 Å². The number of nitrogens with one attached hydrogen (secondary N) is 1. The van der Waals surface area contributed by atoms with Crippen LogP contribution in [0, 0.1) is 6.92 Å². The molecular formula is C34H29N3O6. The number of aryl methyl sites for hydroxylation is 1. The SMILES string of the molecule is COc1cc2nccc(Oc3ccc(NC(=O)c4cc5c(n(-c6ccccc6)c4=O)CCCC5=O)c(C)c3)c2cc1OC. The van der Waals surface area contributed by atoms with Crippen molar-refractivity contribution in [3.63, 3.8) is 0 Å². The highest BCUT2D eigenvalue weighted by Crippen LogP contribution is 2.37. The summed E-state index contributed by atoms with van der Waals surface area (Å²) >= 11 is 0. The molecule has 3 aromatic carbocycles. The van der Waals surface area contributed by atoms with E-state index in [4.69, 9.17) is 14.2 Å². The van der Waals surface area contributed by atoms with Crippen molar-refractivity contribution in [3.8, 4) is 28.7 Å². The summed E-state index contributed by atoms with van der Waals surface area (Å²) in [5, 5.41) is 3.60. The van der Waals surface area contributed by atoms with Gasteiger partial charge in [-0.25, -0.2) is 0 Å². The Bertz CT molecular complexity index is 1950. The first-order chi connectivity index (χ1) is 20.9. The Kier molecular flexibility index (Phi) is 7.38. The molecule has 1 N–H and O–H groups in total. The molecule has 1 aliphatic rings. The van der Waals surface area contributed by atoms with Gasteiger partial charge in [0.1, 0.15) is 17.1 Å². The minimum atomic E-state index is -0.589. The van der Waals surface area contributed by atoms with E-state index in [1.165, 1.54) is 10.6 Å². The lowest BCUT2D eigenvalue weighted by Crippen LogP contribution is -2.33.